The van der Waals surface area contributed by atoms with Crippen molar-refractivity contribution >= 4 is 44.8 Å². The van der Waals surface area contributed by atoms with Crippen molar-refractivity contribution in [3.05, 3.63) is 50.1 Å². The molecular formula is C16H17BrN2O2S. The number of halogens is 1. The van der Waals surface area contributed by atoms with Crippen LogP contribution in [0.3, 0.4) is 0 Å². The van der Waals surface area contributed by atoms with Crippen LogP contribution in [0.5, 0.6) is 0 Å². The number of para-hydroxylation sites is 1. The van der Waals surface area contributed by atoms with E-state index in [2.05, 4.69) is 21.2 Å². The number of carbonyl (C=O) groups is 2. The van der Waals surface area contributed by atoms with Crippen molar-refractivity contribution in [3.8, 4) is 0 Å². The maximum Gasteiger partial charge on any atom is 0.254 e. The summed E-state index contributed by atoms with van der Waals surface area (Å²) < 4.78 is 0.893. The van der Waals surface area contributed by atoms with Crippen LogP contribution in [0.25, 0.3) is 0 Å². The fourth-order valence-electron chi connectivity index (χ4n) is 2.12. The zero-order chi connectivity index (χ0) is 16.3. The lowest BCUT2D eigenvalue weighted by atomic mass is 10.1. The van der Waals surface area contributed by atoms with Gasteiger partial charge in [-0.25, -0.2) is 0 Å². The van der Waals surface area contributed by atoms with Crippen molar-refractivity contribution in [3.63, 3.8) is 0 Å². The van der Waals surface area contributed by atoms with Crippen molar-refractivity contribution in [1.82, 2.24) is 4.90 Å². The van der Waals surface area contributed by atoms with Crippen LogP contribution in [0.4, 0.5) is 5.69 Å². The summed E-state index contributed by atoms with van der Waals surface area (Å²) in [4.78, 5) is 25.8. The van der Waals surface area contributed by atoms with Crippen LogP contribution in [0, 0.1) is 13.8 Å². The molecule has 0 radical (unpaired) electrons. The van der Waals surface area contributed by atoms with Gasteiger partial charge >= 0.3 is 0 Å². The van der Waals surface area contributed by atoms with E-state index in [0.29, 0.717) is 5.56 Å². The Morgan fingerprint density at radius 1 is 1.27 bits per heavy atom. The number of benzene rings is 1. The molecule has 0 atom stereocenters. The minimum atomic E-state index is -0.206. The summed E-state index contributed by atoms with van der Waals surface area (Å²) in [6.07, 6.45) is 0. The molecule has 0 saturated heterocycles. The number of amides is 2. The van der Waals surface area contributed by atoms with Gasteiger partial charge in [0.1, 0.15) is 0 Å². The zero-order valence-electron chi connectivity index (χ0n) is 12.6. The molecule has 0 aliphatic carbocycles. The quantitative estimate of drug-likeness (QED) is 0.875. The molecule has 0 aliphatic heterocycles. The molecule has 1 heterocycles. The molecule has 0 saturated carbocycles. The minimum absolute atomic E-state index is 0.0140. The summed E-state index contributed by atoms with van der Waals surface area (Å²) in [5.41, 5.74) is 3.40. The molecule has 116 valence electrons. The van der Waals surface area contributed by atoms with Crippen LogP contribution in [-0.4, -0.2) is 30.3 Å². The molecular weight excluding hydrogens is 364 g/mol. The fraction of sp³-hybridized carbons (Fsp3) is 0.250. The second kappa shape index (κ2) is 7.07. The van der Waals surface area contributed by atoms with E-state index in [9.17, 15) is 9.59 Å². The molecule has 0 bridgehead atoms. The lowest BCUT2D eigenvalue weighted by Crippen LogP contribution is -2.35. The second-order valence-electron chi connectivity index (χ2n) is 5.12. The molecule has 1 N–H and O–H groups in total. The van der Waals surface area contributed by atoms with Crippen molar-refractivity contribution in [2.75, 3.05) is 18.9 Å². The molecule has 2 amide bonds. The van der Waals surface area contributed by atoms with Crippen LogP contribution in [0.2, 0.25) is 0 Å². The highest BCUT2D eigenvalue weighted by Gasteiger charge is 2.17. The first-order valence-electron chi connectivity index (χ1n) is 6.74. The third kappa shape index (κ3) is 3.96. The van der Waals surface area contributed by atoms with E-state index in [1.165, 1.54) is 16.2 Å². The highest BCUT2D eigenvalue weighted by Crippen LogP contribution is 2.22. The van der Waals surface area contributed by atoms with E-state index in [1.807, 2.05) is 32.0 Å². The van der Waals surface area contributed by atoms with E-state index in [4.69, 9.17) is 0 Å². The first kappa shape index (κ1) is 16.7. The van der Waals surface area contributed by atoms with E-state index in [0.717, 1.165) is 20.6 Å². The Hall–Kier alpha value is -1.66. The highest BCUT2D eigenvalue weighted by molar-refractivity contribution is 9.11. The van der Waals surface area contributed by atoms with Crippen LogP contribution in [0.15, 0.2) is 33.4 Å². The van der Waals surface area contributed by atoms with Gasteiger partial charge in [-0.15, -0.1) is 11.3 Å². The van der Waals surface area contributed by atoms with Gasteiger partial charge < -0.3 is 10.2 Å². The van der Waals surface area contributed by atoms with Crippen LogP contribution in [0.1, 0.15) is 21.5 Å². The van der Waals surface area contributed by atoms with Crippen LogP contribution < -0.4 is 5.32 Å². The summed E-state index contributed by atoms with van der Waals surface area (Å²) in [6.45, 7) is 3.90. The molecule has 0 fully saturated rings. The van der Waals surface area contributed by atoms with Gasteiger partial charge in [-0.3, -0.25) is 9.59 Å². The molecule has 2 rings (SSSR count). The van der Waals surface area contributed by atoms with Crippen LogP contribution >= 0.6 is 27.3 Å². The summed E-state index contributed by atoms with van der Waals surface area (Å²) >= 11 is 4.77. The van der Waals surface area contributed by atoms with Crippen molar-refractivity contribution in [1.29, 1.82) is 0 Å². The van der Waals surface area contributed by atoms with Crippen LogP contribution in [-0.2, 0) is 4.79 Å². The largest absolute Gasteiger partial charge is 0.332 e. The maximum absolute atomic E-state index is 12.2. The van der Waals surface area contributed by atoms with Gasteiger partial charge in [0, 0.05) is 18.1 Å². The van der Waals surface area contributed by atoms with E-state index < -0.39 is 0 Å². The van der Waals surface area contributed by atoms with Gasteiger partial charge in [-0.2, -0.15) is 0 Å². The monoisotopic (exact) mass is 380 g/mol. The lowest BCUT2D eigenvalue weighted by molar-refractivity contribution is -0.116. The van der Waals surface area contributed by atoms with Gasteiger partial charge in [0.05, 0.1) is 15.9 Å². The number of carbonyl (C=O) groups excluding carboxylic acids is 2. The molecule has 2 aromatic rings. The Kier molecular flexibility index (Phi) is 5.37. The lowest BCUT2D eigenvalue weighted by Gasteiger charge is -2.17. The Morgan fingerprint density at radius 2 is 1.91 bits per heavy atom. The van der Waals surface area contributed by atoms with Gasteiger partial charge in [0.25, 0.3) is 5.91 Å². The Balaban J connectivity index is 2.01. The smallest absolute Gasteiger partial charge is 0.254 e. The van der Waals surface area contributed by atoms with Crippen molar-refractivity contribution in [2.24, 2.45) is 0 Å². The third-order valence-corrected chi connectivity index (χ3v) is 4.79. The van der Waals surface area contributed by atoms with E-state index in [1.54, 1.807) is 18.5 Å². The predicted octanol–water partition coefficient (Wildman–Crippen LogP) is 3.84. The number of nitrogens with one attached hydrogen (secondary N) is 1. The minimum Gasteiger partial charge on any atom is -0.332 e. The van der Waals surface area contributed by atoms with Crippen molar-refractivity contribution < 1.29 is 9.59 Å². The number of anilines is 1. The Morgan fingerprint density at radius 3 is 2.45 bits per heavy atom. The summed E-state index contributed by atoms with van der Waals surface area (Å²) in [5, 5.41) is 4.65. The van der Waals surface area contributed by atoms with Gasteiger partial charge in [-0.05, 0) is 47.0 Å². The van der Waals surface area contributed by atoms with Crippen molar-refractivity contribution in [2.45, 2.75) is 13.8 Å². The number of hydrogen-bond acceptors (Lipinski definition) is 3. The summed E-state index contributed by atoms with van der Waals surface area (Å²) in [5.74, 6) is -0.374. The third-order valence-electron chi connectivity index (χ3n) is 3.29. The normalized spacial score (nSPS) is 10.4. The SMILES string of the molecule is Cc1cccc(C)c1NC(=O)CN(C)C(=O)c1csc(Br)c1. The average molecular weight is 381 g/mol. The summed E-state index contributed by atoms with van der Waals surface area (Å²) in [7, 11) is 1.62. The molecule has 0 unspecified atom stereocenters. The Labute approximate surface area is 142 Å². The topological polar surface area (TPSA) is 49.4 Å². The number of nitrogens with zero attached hydrogens (tertiary/aromatic N) is 1. The summed E-state index contributed by atoms with van der Waals surface area (Å²) in [6, 6.07) is 7.60. The van der Waals surface area contributed by atoms with Gasteiger partial charge in [0.2, 0.25) is 5.91 Å². The molecule has 4 nitrogen and oxygen atoms in total. The molecule has 6 heteroatoms. The van der Waals surface area contributed by atoms with Gasteiger partial charge in [0.15, 0.2) is 0 Å². The number of thiophene rings is 1. The number of likely N-dealkylation sites (N-methyl/N-ethyl adjacent to an activating group) is 1. The first-order valence-corrected chi connectivity index (χ1v) is 8.41. The molecule has 22 heavy (non-hydrogen) atoms. The first-order chi connectivity index (χ1) is 10.4. The number of aryl methyl sites for hydroxylation is 2. The standard InChI is InChI=1S/C16H17BrN2O2S/c1-10-5-4-6-11(2)15(10)18-14(20)8-19(3)16(21)12-7-13(17)22-9-12/h4-7,9H,8H2,1-3H3,(H,18,20). The molecule has 0 aliphatic rings. The molecule has 0 spiro atoms. The number of hydrogen-bond donors (Lipinski definition) is 1. The second-order valence-corrected chi connectivity index (χ2v) is 7.41. The Bertz CT molecular complexity index is 692. The number of rotatable bonds is 4. The van der Waals surface area contributed by atoms with E-state index >= 15 is 0 Å². The maximum atomic E-state index is 12.2. The molecule has 1 aromatic heterocycles. The fourth-order valence-corrected chi connectivity index (χ4v) is 3.25. The van der Waals surface area contributed by atoms with E-state index in [-0.39, 0.29) is 18.4 Å². The predicted molar refractivity (Wildman–Crippen MR) is 93.5 cm³/mol. The molecule has 1 aromatic carbocycles. The average Bonchev–Trinajstić information content (AvgIpc) is 2.88. The zero-order valence-corrected chi connectivity index (χ0v) is 15.0. The highest BCUT2D eigenvalue weighted by atomic mass is 79.9. The van der Waals surface area contributed by atoms with Gasteiger partial charge in [-0.1, -0.05) is 18.2 Å².